The summed E-state index contributed by atoms with van der Waals surface area (Å²) in [5.41, 5.74) is 2.59. The Hall–Kier alpha value is -1.72. The van der Waals surface area contributed by atoms with Crippen molar-refractivity contribution in [3.05, 3.63) is 40.3 Å². The number of nitrogens with zero attached hydrogens (tertiary/aromatic N) is 3. The number of hydrogen-bond acceptors (Lipinski definition) is 4. The van der Waals surface area contributed by atoms with Gasteiger partial charge in [-0.2, -0.15) is 0 Å². The van der Waals surface area contributed by atoms with Crippen LogP contribution in [0.2, 0.25) is 0 Å². The van der Waals surface area contributed by atoms with Gasteiger partial charge in [-0.1, -0.05) is 57.6 Å². The van der Waals surface area contributed by atoms with Gasteiger partial charge in [0.05, 0.1) is 17.1 Å². The first-order valence-corrected chi connectivity index (χ1v) is 14.1. The van der Waals surface area contributed by atoms with Gasteiger partial charge < -0.3 is 9.67 Å². The van der Waals surface area contributed by atoms with Crippen LogP contribution in [0.15, 0.2) is 29.1 Å². The van der Waals surface area contributed by atoms with E-state index in [9.17, 15) is 9.90 Å². The van der Waals surface area contributed by atoms with Crippen molar-refractivity contribution < 1.29 is 5.11 Å². The van der Waals surface area contributed by atoms with Gasteiger partial charge in [0.25, 0.3) is 5.56 Å². The molecule has 0 radical (unpaired) electrons. The SMILES string of the molecule is CC[C@H](O)CCc1nc2ccccc2n(C2C[C@H]3CCC[C@@H](C2)N3C2CCCCCCC2)c1=O. The second-order valence-electron chi connectivity index (χ2n) is 11.1. The van der Waals surface area contributed by atoms with Gasteiger partial charge in [0.2, 0.25) is 0 Å². The molecule has 2 bridgehead atoms. The first kappa shape index (κ1) is 24.0. The number of aromatic nitrogens is 2. The highest BCUT2D eigenvalue weighted by atomic mass is 16.3. The molecule has 2 aliphatic heterocycles. The second kappa shape index (κ2) is 10.9. The summed E-state index contributed by atoms with van der Waals surface area (Å²) in [6, 6.07) is 10.4. The molecule has 1 aromatic heterocycles. The minimum Gasteiger partial charge on any atom is -0.393 e. The predicted octanol–water partition coefficient (Wildman–Crippen LogP) is 5.77. The van der Waals surface area contributed by atoms with Crippen molar-refractivity contribution in [2.75, 3.05) is 0 Å². The van der Waals surface area contributed by atoms with Crippen molar-refractivity contribution in [3.8, 4) is 0 Å². The summed E-state index contributed by atoms with van der Waals surface area (Å²) in [6.45, 7) is 1.99. The van der Waals surface area contributed by atoms with Crippen molar-refractivity contribution in [1.29, 1.82) is 0 Å². The zero-order valence-electron chi connectivity index (χ0n) is 21.0. The molecule has 0 amide bonds. The van der Waals surface area contributed by atoms with E-state index >= 15 is 0 Å². The Morgan fingerprint density at radius 2 is 1.56 bits per heavy atom. The fourth-order valence-corrected chi connectivity index (χ4v) is 7.17. The van der Waals surface area contributed by atoms with E-state index in [0.29, 0.717) is 37.0 Å². The van der Waals surface area contributed by atoms with Crippen LogP contribution < -0.4 is 5.56 Å². The third kappa shape index (κ3) is 4.97. The number of para-hydroxylation sites is 2. The molecule has 1 saturated carbocycles. The zero-order valence-corrected chi connectivity index (χ0v) is 21.0. The van der Waals surface area contributed by atoms with Crippen LogP contribution in [0.4, 0.5) is 0 Å². The Bertz CT molecular complexity index is 996. The maximum atomic E-state index is 13.8. The molecule has 3 aliphatic rings. The molecule has 5 heteroatoms. The lowest BCUT2D eigenvalue weighted by atomic mass is 9.79. The topological polar surface area (TPSA) is 58.4 Å². The highest BCUT2D eigenvalue weighted by Crippen LogP contribution is 2.42. The van der Waals surface area contributed by atoms with E-state index in [4.69, 9.17) is 4.98 Å². The number of aliphatic hydroxyl groups is 1. The lowest BCUT2D eigenvalue weighted by Crippen LogP contribution is -2.57. The monoisotopic (exact) mass is 465 g/mol. The molecule has 4 atom stereocenters. The summed E-state index contributed by atoms with van der Waals surface area (Å²) in [4.78, 5) is 21.5. The molecule has 34 heavy (non-hydrogen) atoms. The number of fused-ring (bicyclic) bond motifs is 3. The third-order valence-corrected chi connectivity index (χ3v) is 8.92. The Labute approximate surface area is 204 Å². The average Bonchev–Trinajstić information content (AvgIpc) is 2.82. The Kier molecular flexibility index (Phi) is 7.70. The van der Waals surface area contributed by atoms with Gasteiger partial charge in [-0.25, -0.2) is 4.98 Å². The molecule has 2 aromatic rings. The van der Waals surface area contributed by atoms with Crippen molar-refractivity contribution in [3.63, 3.8) is 0 Å². The van der Waals surface area contributed by atoms with Crippen LogP contribution in [-0.4, -0.2) is 43.8 Å². The van der Waals surface area contributed by atoms with Gasteiger partial charge in [-0.05, 0) is 69.9 Å². The summed E-state index contributed by atoms with van der Waals surface area (Å²) in [5, 5.41) is 10.1. The number of aryl methyl sites for hydroxylation is 1. The van der Waals surface area contributed by atoms with Gasteiger partial charge in [0.1, 0.15) is 5.69 Å². The van der Waals surface area contributed by atoms with Crippen molar-refractivity contribution >= 4 is 11.0 Å². The molecular formula is C29H43N3O2. The smallest absolute Gasteiger partial charge is 0.272 e. The van der Waals surface area contributed by atoms with E-state index in [0.717, 1.165) is 29.9 Å². The number of rotatable bonds is 6. The quantitative estimate of drug-likeness (QED) is 0.588. The maximum Gasteiger partial charge on any atom is 0.272 e. The van der Waals surface area contributed by atoms with Crippen LogP contribution in [0.3, 0.4) is 0 Å². The minimum absolute atomic E-state index is 0.0736. The summed E-state index contributed by atoms with van der Waals surface area (Å²) in [6.07, 6.45) is 17.2. The largest absolute Gasteiger partial charge is 0.393 e. The highest BCUT2D eigenvalue weighted by molar-refractivity contribution is 5.74. The Morgan fingerprint density at radius 1 is 0.912 bits per heavy atom. The third-order valence-electron chi connectivity index (χ3n) is 8.92. The van der Waals surface area contributed by atoms with E-state index in [2.05, 4.69) is 15.5 Å². The molecular weight excluding hydrogens is 422 g/mol. The van der Waals surface area contributed by atoms with Crippen LogP contribution >= 0.6 is 0 Å². The summed E-state index contributed by atoms with van der Waals surface area (Å²) >= 11 is 0. The number of piperidine rings is 2. The van der Waals surface area contributed by atoms with Crippen LogP contribution in [-0.2, 0) is 6.42 Å². The molecule has 186 valence electrons. The lowest BCUT2D eigenvalue weighted by molar-refractivity contribution is -0.0247. The van der Waals surface area contributed by atoms with Gasteiger partial charge in [0, 0.05) is 24.2 Å². The van der Waals surface area contributed by atoms with E-state index < -0.39 is 0 Å². The highest BCUT2D eigenvalue weighted by Gasteiger charge is 2.42. The number of benzene rings is 1. The van der Waals surface area contributed by atoms with Gasteiger partial charge >= 0.3 is 0 Å². The Morgan fingerprint density at radius 3 is 2.26 bits per heavy atom. The van der Waals surface area contributed by atoms with Gasteiger partial charge in [-0.15, -0.1) is 0 Å². The molecule has 0 spiro atoms. The number of aliphatic hydroxyl groups excluding tert-OH is 1. The second-order valence-corrected chi connectivity index (χ2v) is 11.1. The predicted molar refractivity (Wildman–Crippen MR) is 138 cm³/mol. The van der Waals surface area contributed by atoms with Crippen LogP contribution in [0.1, 0.15) is 109 Å². The standard InChI is InChI=1S/C29H43N3O2/c1-2-25(33)17-18-27-29(34)32(28-16-9-8-15-26(28)30-27)24-19-22-13-10-14-23(20-24)31(22)21-11-6-4-3-5-7-12-21/h8-9,15-16,21-25,33H,2-7,10-14,17-20H2,1H3/t22-,23+,24?,25-/m0/s1. The van der Waals surface area contributed by atoms with Crippen molar-refractivity contribution in [2.24, 2.45) is 0 Å². The molecule has 3 fully saturated rings. The average molecular weight is 466 g/mol. The number of hydrogen-bond donors (Lipinski definition) is 1. The molecule has 5 rings (SSSR count). The molecule has 1 aromatic carbocycles. The lowest BCUT2D eigenvalue weighted by Gasteiger charge is -2.53. The van der Waals surface area contributed by atoms with Crippen molar-refractivity contribution in [2.45, 2.75) is 134 Å². The first-order valence-electron chi connectivity index (χ1n) is 14.1. The fourth-order valence-electron chi connectivity index (χ4n) is 7.17. The van der Waals surface area contributed by atoms with Crippen LogP contribution in [0.25, 0.3) is 11.0 Å². The fraction of sp³-hybridized carbons (Fsp3) is 0.724. The molecule has 5 nitrogen and oxygen atoms in total. The van der Waals surface area contributed by atoms with Gasteiger partial charge in [-0.3, -0.25) is 9.69 Å². The summed E-state index contributed by atoms with van der Waals surface area (Å²) in [5.74, 6) is 0. The molecule has 3 heterocycles. The zero-order chi connectivity index (χ0) is 23.5. The summed E-state index contributed by atoms with van der Waals surface area (Å²) < 4.78 is 2.11. The molecule has 1 aliphatic carbocycles. The van der Waals surface area contributed by atoms with Crippen molar-refractivity contribution in [1.82, 2.24) is 14.5 Å². The van der Waals surface area contributed by atoms with Crippen LogP contribution in [0.5, 0.6) is 0 Å². The van der Waals surface area contributed by atoms with E-state index in [-0.39, 0.29) is 17.7 Å². The van der Waals surface area contributed by atoms with Gasteiger partial charge in [0.15, 0.2) is 0 Å². The normalized spacial score (nSPS) is 27.9. The van der Waals surface area contributed by atoms with Crippen LogP contribution in [0, 0.1) is 0 Å². The molecule has 2 saturated heterocycles. The van der Waals surface area contributed by atoms with E-state index in [1.165, 1.54) is 64.2 Å². The minimum atomic E-state index is -0.368. The maximum absolute atomic E-state index is 13.8. The first-order chi connectivity index (χ1) is 16.7. The van der Waals surface area contributed by atoms with E-state index in [1.807, 2.05) is 25.1 Å². The summed E-state index contributed by atoms with van der Waals surface area (Å²) in [7, 11) is 0. The van der Waals surface area contributed by atoms with E-state index in [1.54, 1.807) is 0 Å². The molecule has 1 N–H and O–H groups in total. The molecule has 1 unspecified atom stereocenters. The Balaban J connectivity index is 1.45.